The van der Waals surface area contributed by atoms with E-state index in [1.165, 1.54) is 18.2 Å². The molecule has 0 atom stereocenters. The fraction of sp³-hybridized carbons (Fsp3) is 0.143. The van der Waals surface area contributed by atoms with E-state index in [2.05, 4.69) is 0 Å². The van der Waals surface area contributed by atoms with Crippen LogP contribution in [0.4, 0.5) is 0 Å². The van der Waals surface area contributed by atoms with Crippen LogP contribution in [0.2, 0.25) is 10.0 Å². The van der Waals surface area contributed by atoms with Crippen molar-refractivity contribution in [2.24, 2.45) is 0 Å². The molecule has 0 N–H and O–H groups in total. The number of halogens is 2. The van der Waals surface area contributed by atoms with E-state index < -0.39 is 15.9 Å². The summed E-state index contributed by atoms with van der Waals surface area (Å²) >= 11 is 11.2. The summed E-state index contributed by atoms with van der Waals surface area (Å²) in [5.41, 5.74) is 0.337. The molecule has 0 radical (unpaired) electrons. The quantitative estimate of drug-likeness (QED) is 0.518. The van der Waals surface area contributed by atoms with E-state index in [9.17, 15) is 13.0 Å². The van der Waals surface area contributed by atoms with E-state index >= 15 is 0 Å². The molecular formula is C7H5Cl2KO3S. The zero-order chi connectivity index (χ0) is 10.1. The van der Waals surface area contributed by atoms with Gasteiger partial charge in [-0.1, -0.05) is 29.3 Å². The summed E-state index contributed by atoms with van der Waals surface area (Å²) in [4.78, 5) is 0. The third-order valence-electron chi connectivity index (χ3n) is 1.33. The van der Waals surface area contributed by atoms with Gasteiger partial charge in [-0.25, -0.2) is 8.42 Å². The van der Waals surface area contributed by atoms with Crippen LogP contribution in [0, 0.1) is 0 Å². The van der Waals surface area contributed by atoms with Crippen LogP contribution in [0.1, 0.15) is 5.56 Å². The minimum Gasteiger partial charge on any atom is -0.748 e. The van der Waals surface area contributed by atoms with Gasteiger partial charge in [0, 0.05) is 0 Å². The Hall–Kier alpha value is 1.35. The SMILES string of the molecule is O=S(=O)([O-])Cc1ccc(Cl)c(Cl)c1.[K+]. The molecule has 0 unspecified atom stereocenters. The van der Waals surface area contributed by atoms with E-state index in [0.29, 0.717) is 10.6 Å². The smallest absolute Gasteiger partial charge is 0.748 e. The molecule has 3 nitrogen and oxygen atoms in total. The van der Waals surface area contributed by atoms with Crippen LogP contribution in [0.5, 0.6) is 0 Å². The minimum absolute atomic E-state index is 0. The molecule has 1 rings (SSSR count). The Balaban J connectivity index is 0.00000169. The summed E-state index contributed by atoms with van der Waals surface area (Å²) in [7, 11) is -4.26. The fourth-order valence-corrected chi connectivity index (χ4v) is 1.74. The van der Waals surface area contributed by atoms with Gasteiger partial charge in [-0.2, -0.15) is 0 Å². The molecule has 0 bridgehead atoms. The molecule has 0 amide bonds. The summed E-state index contributed by atoms with van der Waals surface area (Å²) in [6, 6.07) is 4.26. The van der Waals surface area contributed by atoms with Gasteiger partial charge in [0.2, 0.25) is 0 Å². The Morgan fingerprint density at radius 1 is 1.21 bits per heavy atom. The molecule has 0 heterocycles. The summed E-state index contributed by atoms with van der Waals surface area (Å²) in [5.74, 6) is -0.566. The normalized spacial score (nSPS) is 10.8. The van der Waals surface area contributed by atoms with Crippen LogP contribution in [0.25, 0.3) is 0 Å². The predicted molar refractivity (Wildman–Crippen MR) is 49.9 cm³/mol. The van der Waals surface area contributed by atoms with Gasteiger partial charge in [0.1, 0.15) is 0 Å². The Bertz CT molecular complexity index is 419. The Labute approximate surface area is 135 Å². The molecule has 0 saturated carbocycles. The number of hydrogen-bond donors (Lipinski definition) is 0. The molecule has 0 saturated heterocycles. The summed E-state index contributed by atoms with van der Waals surface area (Å²) in [5, 5.41) is 0.566. The average Bonchev–Trinajstić information content (AvgIpc) is 1.94. The van der Waals surface area contributed by atoms with Crippen molar-refractivity contribution in [2.75, 3.05) is 0 Å². The van der Waals surface area contributed by atoms with Crippen molar-refractivity contribution in [2.45, 2.75) is 5.75 Å². The van der Waals surface area contributed by atoms with E-state index in [-0.39, 0.29) is 56.4 Å². The number of benzene rings is 1. The van der Waals surface area contributed by atoms with Crippen LogP contribution in [-0.2, 0) is 15.9 Å². The second kappa shape index (κ2) is 6.17. The van der Waals surface area contributed by atoms with E-state index in [0.717, 1.165) is 0 Å². The first-order chi connectivity index (χ1) is 5.88. The molecule has 0 fully saturated rings. The average molecular weight is 279 g/mol. The van der Waals surface area contributed by atoms with Crippen molar-refractivity contribution < 1.29 is 64.4 Å². The second-order valence-electron chi connectivity index (χ2n) is 2.45. The minimum atomic E-state index is -4.26. The fourth-order valence-electron chi connectivity index (χ4n) is 0.834. The summed E-state index contributed by atoms with van der Waals surface area (Å²) < 4.78 is 31.1. The van der Waals surface area contributed by atoms with Crippen molar-refractivity contribution in [3.63, 3.8) is 0 Å². The molecule has 0 aromatic heterocycles. The third kappa shape index (κ3) is 5.44. The Morgan fingerprint density at radius 2 is 1.79 bits per heavy atom. The van der Waals surface area contributed by atoms with Gasteiger partial charge in [0.15, 0.2) is 0 Å². The molecular weight excluding hydrogens is 274 g/mol. The van der Waals surface area contributed by atoms with Gasteiger partial charge in [-0.05, 0) is 17.7 Å². The number of hydrogen-bond acceptors (Lipinski definition) is 3. The van der Waals surface area contributed by atoms with Crippen LogP contribution < -0.4 is 51.4 Å². The maximum atomic E-state index is 10.4. The molecule has 72 valence electrons. The molecule has 0 aliphatic heterocycles. The molecule has 14 heavy (non-hydrogen) atoms. The van der Waals surface area contributed by atoms with Crippen molar-refractivity contribution in [1.82, 2.24) is 0 Å². The number of rotatable bonds is 2. The van der Waals surface area contributed by atoms with Gasteiger partial charge >= 0.3 is 51.4 Å². The van der Waals surface area contributed by atoms with Crippen molar-refractivity contribution >= 4 is 33.3 Å². The van der Waals surface area contributed by atoms with Gasteiger partial charge in [-0.3, -0.25) is 0 Å². The monoisotopic (exact) mass is 278 g/mol. The van der Waals surface area contributed by atoms with Gasteiger partial charge in [0.05, 0.1) is 25.9 Å². The van der Waals surface area contributed by atoms with Crippen LogP contribution in [0.3, 0.4) is 0 Å². The van der Waals surface area contributed by atoms with E-state index in [1.807, 2.05) is 0 Å². The second-order valence-corrected chi connectivity index (χ2v) is 4.67. The first kappa shape index (κ1) is 15.3. The molecule has 1 aromatic rings. The van der Waals surface area contributed by atoms with Crippen LogP contribution in [-0.4, -0.2) is 13.0 Å². The standard InChI is InChI=1S/C7H6Cl2O3S.K/c8-6-2-1-5(3-7(6)9)4-13(10,11)12;/h1-3H,4H2,(H,10,11,12);/q;+1/p-1. The predicted octanol–water partition coefficient (Wildman–Crippen LogP) is -0.957. The van der Waals surface area contributed by atoms with Gasteiger partial charge in [-0.15, -0.1) is 0 Å². The summed E-state index contributed by atoms with van der Waals surface area (Å²) in [6.07, 6.45) is 0. The van der Waals surface area contributed by atoms with Crippen molar-refractivity contribution in [1.29, 1.82) is 0 Å². The maximum Gasteiger partial charge on any atom is 1.00 e. The maximum absolute atomic E-state index is 10.4. The largest absolute Gasteiger partial charge is 1.00 e. The molecule has 0 aliphatic carbocycles. The summed E-state index contributed by atoms with van der Waals surface area (Å²) in [6.45, 7) is 0. The molecule has 0 spiro atoms. The first-order valence-electron chi connectivity index (χ1n) is 3.26. The van der Waals surface area contributed by atoms with Gasteiger partial charge < -0.3 is 4.55 Å². The Morgan fingerprint density at radius 3 is 2.21 bits per heavy atom. The zero-order valence-corrected chi connectivity index (χ0v) is 12.8. The van der Waals surface area contributed by atoms with E-state index in [1.54, 1.807) is 0 Å². The van der Waals surface area contributed by atoms with Crippen molar-refractivity contribution in [3.8, 4) is 0 Å². The van der Waals surface area contributed by atoms with Crippen LogP contribution >= 0.6 is 23.2 Å². The zero-order valence-electron chi connectivity index (χ0n) is 7.33. The first-order valence-corrected chi connectivity index (χ1v) is 5.59. The van der Waals surface area contributed by atoms with E-state index in [4.69, 9.17) is 23.2 Å². The van der Waals surface area contributed by atoms with Crippen molar-refractivity contribution in [3.05, 3.63) is 33.8 Å². The van der Waals surface area contributed by atoms with Crippen LogP contribution in [0.15, 0.2) is 18.2 Å². The third-order valence-corrected chi connectivity index (χ3v) is 2.75. The molecule has 7 heteroatoms. The molecule has 0 aliphatic rings. The van der Waals surface area contributed by atoms with Gasteiger partial charge in [0.25, 0.3) is 0 Å². The Kier molecular flexibility index (Phi) is 6.77. The topological polar surface area (TPSA) is 57.2 Å². The molecule has 1 aromatic carbocycles.